The van der Waals surface area contributed by atoms with Crippen LogP contribution in [0.2, 0.25) is 0 Å². The lowest BCUT2D eigenvalue weighted by atomic mass is 10.2. The van der Waals surface area contributed by atoms with Crippen molar-refractivity contribution >= 4 is 5.97 Å². The van der Waals surface area contributed by atoms with Crippen molar-refractivity contribution in [1.29, 1.82) is 0 Å². The van der Waals surface area contributed by atoms with Crippen molar-refractivity contribution in [3.8, 4) is 0 Å². The third-order valence-corrected chi connectivity index (χ3v) is 1.06. The molecular weight excluding hydrogens is 179 g/mol. The largest absolute Gasteiger partial charge is 0.478 e. The Kier molecular flexibility index (Phi) is 1.79. The molecule has 0 saturated carbocycles. The van der Waals surface area contributed by atoms with Crippen molar-refractivity contribution in [2.24, 2.45) is 0 Å². The summed E-state index contributed by atoms with van der Waals surface area (Å²) < 4.78 is 39.3. The molecule has 7 heteroatoms. The molecule has 0 saturated heterocycles. The minimum Gasteiger partial charge on any atom is -0.478 e. The van der Waals surface area contributed by atoms with Crippen LogP contribution < -0.4 is 0 Å². The summed E-state index contributed by atoms with van der Waals surface area (Å²) in [4.78, 5) is 10.1. The molecule has 0 aliphatic rings. The minimum absolute atomic E-state index is 0.505. The van der Waals surface area contributed by atoms with E-state index in [1.807, 2.05) is 0 Å². The van der Waals surface area contributed by atoms with Crippen LogP contribution in [-0.4, -0.2) is 16.2 Å². The maximum Gasteiger partial charge on any atom is 0.453 e. The summed E-state index contributed by atoms with van der Waals surface area (Å²) in [6.45, 7) is 0. The third kappa shape index (κ3) is 1.39. The maximum atomic E-state index is 11.8. The van der Waals surface area contributed by atoms with Crippen molar-refractivity contribution in [2.45, 2.75) is 6.18 Å². The van der Waals surface area contributed by atoms with Gasteiger partial charge in [0.1, 0.15) is 5.56 Å². The smallest absolute Gasteiger partial charge is 0.453 e. The molecule has 66 valence electrons. The van der Waals surface area contributed by atoms with Crippen molar-refractivity contribution in [3.63, 3.8) is 0 Å². The van der Waals surface area contributed by atoms with Gasteiger partial charge in [0.2, 0.25) is 0 Å². The van der Waals surface area contributed by atoms with Crippen LogP contribution in [0.5, 0.6) is 0 Å². The molecule has 1 aromatic rings. The molecule has 1 rings (SSSR count). The average Bonchev–Trinajstić information content (AvgIpc) is 2.30. The Hall–Kier alpha value is -1.53. The SMILES string of the molecule is O=C(O)c1cnoc1C(F)(F)F. The second kappa shape index (κ2) is 2.50. The molecule has 1 aromatic heterocycles. The van der Waals surface area contributed by atoms with Crippen LogP contribution in [0.3, 0.4) is 0 Å². The van der Waals surface area contributed by atoms with Crippen LogP contribution in [0.15, 0.2) is 10.7 Å². The second-order valence-corrected chi connectivity index (χ2v) is 1.87. The fraction of sp³-hybridized carbons (Fsp3) is 0.200. The number of carboxylic acid groups (broad SMARTS) is 1. The van der Waals surface area contributed by atoms with E-state index in [-0.39, 0.29) is 0 Å². The number of hydrogen-bond acceptors (Lipinski definition) is 3. The number of hydrogen-bond donors (Lipinski definition) is 1. The van der Waals surface area contributed by atoms with E-state index in [4.69, 9.17) is 5.11 Å². The quantitative estimate of drug-likeness (QED) is 0.710. The van der Waals surface area contributed by atoms with Gasteiger partial charge in [0.25, 0.3) is 5.76 Å². The standard InChI is InChI=1S/C5H2F3NO3/c6-5(7,8)3-2(4(10)11)1-9-12-3/h1H,(H,10,11). The number of nitrogens with zero attached hydrogens (tertiary/aromatic N) is 1. The van der Waals surface area contributed by atoms with E-state index in [9.17, 15) is 18.0 Å². The lowest BCUT2D eigenvalue weighted by Crippen LogP contribution is -2.09. The van der Waals surface area contributed by atoms with Gasteiger partial charge in [-0.2, -0.15) is 13.2 Å². The number of carbonyl (C=O) groups is 1. The van der Waals surface area contributed by atoms with Crippen molar-refractivity contribution in [2.75, 3.05) is 0 Å². The molecule has 0 fully saturated rings. The highest BCUT2D eigenvalue weighted by Gasteiger charge is 2.40. The fourth-order valence-corrected chi connectivity index (χ4v) is 0.596. The molecule has 0 amide bonds. The molecule has 0 atom stereocenters. The minimum atomic E-state index is -4.82. The van der Waals surface area contributed by atoms with Gasteiger partial charge in [-0.25, -0.2) is 4.79 Å². The second-order valence-electron chi connectivity index (χ2n) is 1.87. The third-order valence-electron chi connectivity index (χ3n) is 1.06. The first-order chi connectivity index (χ1) is 5.43. The van der Waals surface area contributed by atoms with Gasteiger partial charge in [0.15, 0.2) is 0 Å². The van der Waals surface area contributed by atoms with Gasteiger partial charge in [-0.1, -0.05) is 5.16 Å². The number of carboxylic acids is 1. The van der Waals surface area contributed by atoms with Crippen LogP contribution in [-0.2, 0) is 6.18 Å². The van der Waals surface area contributed by atoms with E-state index >= 15 is 0 Å². The van der Waals surface area contributed by atoms with Gasteiger partial charge in [-0.05, 0) is 0 Å². The van der Waals surface area contributed by atoms with E-state index in [0.29, 0.717) is 6.20 Å². The molecule has 4 nitrogen and oxygen atoms in total. The van der Waals surface area contributed by atoms with Crippen LogP contribution in [0.1, 0.15) is 16.1 Å². The normalized spacial score (nSPS) is 11.6. The summed E-state index contributed by atoms with van der Waals surface area (Å²) in [5.74, 6) is -3.31. The first kappa shape index (κ1) is 8.57. The topological polar surface area (TPSA) is 63.3 Å². The lowest BCUT2D eigenvalue weighted by Gasteiger charge is -2.00. The Balaban J connectivity index is 3.17. The molecule has 0 spiro atoms. The van der Waals surface area contributed by atoms with E-state index in [1.165, 1.54) is 0 Å². The molecular formula is C5H2F3NO3. The fourth-order valence-electron chi connectivity index (χ4n) is 0.596. The van der Waals surface area contributed by atoms with Gasteiger partial charge in [0.05, 0.1) is 6.20 Å². The highest BCUT2D eigenvalue weighted by Crippen LogP contribution is 2.31. The molecule has 12 heavy (non-hydrogen) atoms. The Labute approximate surface area is 63.6 Å². The summed E-state index contributed by atoms with van der Waals surface area (Å²) in [5.41, 5.74) is -0.984. The van der Waals surface area contributed by atoms with Crippen LogP contribution in [0.4, 0.5) is 13.2 Å². The zero-order valence-electron chi connectivity index (χ0n) is 5.42. The predicted octanol–water partition coefficient (Wildman–Crippen LogP) is 1.39. The summed E-state index contributed by atoms with van der Waals surface area (Å²) in [6, 6.07) is 0. The molecule has 1 N–H and O–H groups in total. The zero-order valence-corrected chi connectivity index (χ0v) is 5.42. The number of halogens is 3. The molecule has 0 aromatic carbocycles. The summed E-state index contributed by atoms with van der Waals surface area (Å²) in [7, 11) is 0. The number of alkyl halides is 3. The molecule has 0 aliphatic heterocycles. The van der Waals surface area contributed by atoms with Crippen LogP contribution >= 0.6 is 0 Å². The van der Waals surface area contributed by atoms with Crippen molar-refractivity contribution in [3.05, 3.63) is 17.5 Å². The highest BCUT2D eigenvalue weighted by molar-refractivity contribution is 5.88. The van der Waals surface area contributed by atoms with E-state index < -0.39 is 23.5 Å². The predicted molar refractivity (Wildman–Crippen MR) is 28.5 cm³/mol. The first-order valence-electron chi connectivity index (χ1n) is 2.68. The summed E-state index contributed by atoms with van der Waals surface area (Å²) in [6.07, 6.45) is -4.31. The zero-order chi connectivity index (χ0) is 9.35. The monoisotopic (exact) mass is 181 g/mol. The van der Waals surface area contributed by atoms with Crippen molar-refractivity contribution < 1.29 is 27.6 Å². The summed E-state index contributed by atoms with van der Waals surface area (Å²) in [5, 5.41) is 11.0. The van der Waals surface area contributed by atoms with Crippen molar-refractivity contribution in [1.82, 2.24) is 5.16 Å². The van der Waals surface area contributed by atoms with E-state index in [1.54, 1.807) is 0 Å². The molecule has 1 heterocycles. The number of aromatic nitrogens is 1. The number of aromatic carboxylic acids is 1. The molecule has 0 aliphatic carbocycles. The Morgan fingerprint density at radius 2 is 2.17 bits per heavy atom. The van der Waals surface area contributed by atoms with E-state index in [0.717, 1.165) is 0 Å². The van der Waals surface area contributed by atoms with Gasteiger partial charge in [-0.3, -0.25) is 0 Å². The van der Waals surface area contributed by atoms with Crippen LogP contribution in [0.25, 0.3) is 0 Å². The first-order valence-corrected chi connectivity index (χ1v) is 2.68. The number of rotatable bonds is 1. The van der Waals surface area contributed by atoms with Crippen LogP contribution in [0, 0.1) is 0 Å². The Bertz CT molecular complexity index is 303. The molecule has 0 radical (unpaired) electrons. The van der Waals surface area contributed by atoms with Gasteiger partial charge < -0.3 is 9.63 Å². The highest BCUT2D eigenvalue weighted by atomic mass is 19.4. The van der Waals surface area contributed by atoms with E-state index in [2.05, 4.69) is 9.68 Å². The van der Waals surface area contributed by atoms with Gasteiger partial charge >= 0.3 is 12.1 Å². The summed E-state index contributed by atoms with van der Waals surface area (Å²) >= 11 is 0. The Morgan fingerprint density at radius 1 is 1.58 bits per heavy atom. The molecule has 0 bridgehead atoms. The lowest BCUT2D eigenvalue weighted by molar-refractivity contribution is -0.156. The average molecular weight is 181 g/mol. The van der Waals surface area contributed by atoms with Gasteiger partial charge in [-0.15, -0.1) is 0 Å². The maximum absolute atomic E-state index is 11.8. The van der Waals surface area contributed by atoms with Gasteiger partial charge in [0, 0.05) is 0 Å². The Morgan fingerprint density at radius 3 is 2.50 bits per heavy atom. The molecule has 0 unspecified atom stereocenters.